The Morgan fingerprint density at radius 1 is 1.15 bits per heavy atom. The van der Waals surface area contributed by atoms with Crippen LogP contribution in [0, 0.1) is 13.8 Å². The summed E-state index contributed by atoms with van der Waals surface area (Å²) in [5.41, 5.74) is 3.80. The van der Waals surface area contributed by atoms with E-state index in [4.69, 9.17) is 4.74 Å². The largest absolute Gasteiger partial charge is 0.497 e. The minimum Gasteiger partial charge on any atom is -0.497 e. The van der Waals surface area contributed by atoms with E-state index >= 15 is 0 Å². The van der Waals surface area contributed by atoms with Crippen LogP contribution in [0.2, 0.25) is 0 Å². The van der Waals surface area contributed by atoms with Crippen LogP contribution in [0.4, 0.5) is 0 Å². The first kappa shape index (κ1) is 18.1. The Morgan fingerprint density at radius 3 is 2.54 bits per heavy atom. The summed E-state index contributed by atoms with van der Waals surface area (Å²) in [6.45, 7) is 5.92. The lowest BCUT2D eigenvalue weighted by atomic mass is 10.1. The standard InChI is InChI=1S/C19H20N4O2S/c1-12-5-10-17(13(2)11-12)23-19(20-21-22-23)26-14(3)18(24)15-6-8-16(25-4)9-7-15/h5-11,14H,1-4H3. The van der Waals surface area contributed by atoms with E-state index < -0.39 is 0 Å². The molecule has 0 bridgehead atoms. The minimum atomic E-state index is -0.320. The van der Waals surface area contributed by atoms with E-state index in [2.05, 4.69) is 21.6 Å². The van der Waals surface area contributed by atoms with E-state index in [-0.39, 0.29) is 11.0 Å². The Bertz CT molecular complexity index is 922. The van der Waals surface area contributed by atoms with Crippen molar-refractivity contribution in [3.8, 4) is 11.4 Å². The van der Waals surface area contributed by atoms with Gasteiger partial charge in [0.15, 0.2) is 5.78 Å². The number of aryl methyl sites for hydroxylation is 2. The first-order chi connectivity index (χ1) is 12.5. The molecule has 0 saturated heterocycles. The van der Waals surface area contributed by atoms with Crippen LogP contribution in [0.5, 0.6) is 5.75 Å². The number of hydrogen-bond donors (Lipinski definition) is 0. The maximum Gasteiger partial charge on any atom is 0.214 e. The summed E-state index contributed by atoms with van der Waals surface area (Å²) in [7, 11) is 1.60. The van der Waals surface area contributed by atoms with Gasteiger partial charge in [-0.05, 0) is 67.1 Å². The van der Waals surface area contributed by atoms with Gasteiger partial charge in [-0.3, -0.25) is 4.79 Å². The van der Waals surface area contributed by atoms with Gasteiger partial charge in [0.05, 0.1) is 18.0 Å². The molecule has 2 aromatic carbocycles. The predicted octanol–water partition coefficient (Wildman–Crippen LogP) is 3.65. The molecule has 0 N–H and O–H groups in total. The molecular formula is C19H20N4O2S. The predicted molar refractivity (Wildman–Crippen MR) is 101 cm³/mol. The summed E-state index contributed by atoms with van der Waals surface area (Å²) >= 11 is 1.34. The van der Waals surface area contributed by atoms with Crippen molar-refractivity contribution in [2.24, 2.45) is 0 Å². The minimum absolute atomic E-state index is 0.0211. The average Bonchev–Trinajstić information content (AvgIpc) is 3.09. The molecule has 0 saturated carbocycles. The number of rotatable bonds is 6. The van der Waals surface area contributed by atoms with Gasteiger partial charge in [-0.15, -0.1) is 5.10 Å². The fourth-order valence-corrected chi connectivity index (χ4v) is 3.53. The monoisotopic (exact) mass is 368 g/mol. The maximum absolute atomic E-state index is 12.7. The van der Waals surface area contributed by atoms with Gasteiger partial charge in [0.2, 0.25) is 5.16 Å². The molecule has 3 aromatic rings. The van der Waals surface area contributed by atoms with Crippen LogP contribution in [0.25, 0.3) is 5.69 Å². The summed E-state index contributed by atoms with van der Waals surface area (Å²) < 4.78 is 6.81. The Hall–Kier alpha value is -2.67. The molecule has 3 rings (SSSR count). The van der Waals surface area contributed by atoms with E-state index in [0.29, 0.717) is 10.7 Å². The fraction of sp³-hybridized carbons (Fsp3) is 0.263. The first-order valence-electron chi connectivity index (χ1n) is 8.20. The normalized spacial score (nSPS) is 12.0. The summed E-state index contributed by atoms with van der Waals surface area (Å²) in [5, 5.41) is 12.2. The number of benzene rings is 2. The molecule has 134 valence electrons. The summed E-state index contributed by atoms with van der Waals surface area (Å²) in [5.74, 6) is 0.744. The number of carbonyl (C=O) groups is 1. The first-order valence-corrected chi connectivity index (χ1v) is 9.08. The number of tetrazole rings is 1. The number of thioether (sulfide) groups is 1. The molecule has 1 heterocycles. The van der Waals surface area contributed by atoms with E-state index in [1.54, 1.807) is 36.1 Å². The van der Waals surface area contributed by atoms with Crippen LogP contribution in [-0.2, 0) is 0 Å². The summed E-state index contributed by atoms with van der Waals surface area (Å²) in [6.07, 6.45) is 0. The van der Waals surface area contributed by atoms with Gasteiger partial charge in [0.1, 0.15) is 5.75 Å². The Morgan fingerprint density at radius 2 is 1.88 bits per heavy atom. The molecule has 7 heteroatoms. The quantitative estimate of drug-likeness (QED) is 0.489. The van der Waals surface area contributed by atoms with Crippen LogP contribution in [0.3, 0.4) is 0 Å². The molecule has 0 spiro atoms. The zero-order valence-corrected chi connectivity index (χ0v) is 15.9. The second kappa shape index (κ2) is 7.70. The van der Waals surface area contributed by atoms with Crippen molar-refractivity contribution >= 4 is 17.5 Å². The number of methoxy groups -OCH3 is 1. The van der Waals surface area contributed by atoms with Crippen LogP contribution < -0.4 is 4.74 Å². The fourth-order valence-electron chi connectivity index (χ4n) is 2.65. The Labute approximate surface area is 156 Å². The molecule has 0 radical (unpaired) electrons. The van der Waals surface area contributed by atoms with Crippen molar-refractivity contribution < 1.29 is 9.53 Å². The van der Waals surface area contributed by atoms with E-state index in [1.807, 2.05) is 32.9 Å². The van der Waals surface area contributed by atoms with Gasteiger partial charge in [-0.2, -0.15) is 4.68 Å². The number of ketones is 1. The topological polar surface area (TPSA) is 69.9 Å². The lowest BCUT2D eigenvalue weighted by Gasteiger charge is -2.12. The third-order valence-corrected chi connectivity index (χ3v) is 5.08. The highest BCUT2D eigenvalue weighted by molar-refractivity contribution is 8.00. The van der Waals surface area contributed by atoms with Gasteiger partial charge in [-0.25, -0.2) is 0 Å². The third-order valence-electron chi connectivity index (χ3n) is 4.05. The molecule has 1 aromatic heterocycles. The molecule has 1 unspecified atom stereocenters. The third kappa shape index (κ3) is 3.77. The number of carbonyl (C=O) groups excluding carboxylic acids is 1. The molecule has 0 fully saturated rings. The number of Topliss-reactive ketones (excluding diaryl/α,β-unsaturated/α-hetero) is 1. The second-order valence-electron chi connectivity index (χ2n) is 6.02. The lowest BCUT2D eigenvalue weighted by molar-refractivity contribution is 0.0994. The second-order valence-corrected chi connectivity index (χ2v) is 7.32. The van der Waals surface area contributed by atoms with Gasteiger partial charge < -0.3 is 4.74 Å². The summed E-state index contributed by atoms with van der Waals surface area (Å²) in [6, 6.07) is 13.2. The maximum atomic E-state index is 12.7. The van der Waals surface area contributed by atoms with Crippen LogP contribution in [0.15, 0.2) is 47.6 Å². The number of hydrogen-bond acceptors (Lipinski definition) is 6. The lowest BCUT2D eigenvalue weighted by Crippen LogP contribution is -2.15. The highest BCUT2D eigenvalue weighted by Crippen LogP contribution is 2.27. The molecule has 0 aliphatic carbocycles. The molecule has 6 nitrogen and oxygen atoms in total. The van der Waals surface area contributed by atoms with Crippen molar-refractivity contribution in [3.63, 3.8) is 0 Å². The number of nitrogens with zero attached hydrogens (tertiary/aromatic N) is 4. The number of aromatic nitrogens is 4. The molecule has 0 aliphatic heterocycles. The van der Waals surface area contributed by atoms with Crippen molar-refractivity contribution in [2.45, 2.75) is 31.2 Å². The average molecular weight is 368 g/mol. The van der Waals surface area contributed by atoms with Crippen molar-refractivity contribution in [1.29, 1.82) is 0 Å². The smallest absolute Gasteiger partial charge is 0.214 e. The molecule has 1 atom stereocenters. The van der Waals surface area contributed by atoms with Gasteiger partial charge in [0.25, 0.3) is 0 Å². The van der Waals surface area contributed by atoms with E-state index in [9.17, 15) is 4.79 Å². The van der Waals surface area contributed by atoms with E-state index in [1.165, 1.54) is 17.3 Å². The van der Waals surface area contributed by atoms with Crippen molar-refractivity contribution in [3.05, 3.63) is 59.2 Å². The summed E-state index contributed by atoms with van der Waals surface area (Å²) in [4.78, 5) is 12.7. The van der Waals surface area contributed by atoms with Crippen molar-refractivity contribution in [2.75, 3.05) is 7.11 Å². The van der Waals surface area contributed by atoms with Crippen LogP contribution >= 0.6 is 11.8 Å². The zero-order valence-electron chi connectivity index (χ0n) is 15.1. The molecule has 0 aliphatic rings. The number of ether oxygens (including phenoxy) is 1. The highest BCUT2D eigenvalue weighted by Gasteiger charge is 2.21. The van der Waals surface area contributed by atoms with Crippen LogP contribution in [-0.4, -0.2) is 38.4 Å². The van der Waals surface area contributed by atoms with Crippen molar-refractivity contribution in [1.82, 2.24) is 20.2 Å². The van der Waals surface area contributed by atoms with Gasteiger partial charge in [-0.1, -0.05) is 29.5 Å². The van der Waals surface area contributed by atoms with E-state index in [0.717, 1.165) is 17.0 Å². The Kier molecular flexibility index (Phi) is 5.37. The van der Waals surface area contributed by atoms with Gasteiger partial charge >= 0.3 is 0 Å². The molecule has 0 amide bonds. The molecule has 26 heavy (non-hydrogen) atoms. The zero-order chi connectivity index (χ0) is 18.7. The molecular weight excluding hydrogens is 348 g/mol. The Balaban J connectivity index is 1.80. The van der Waals surface area contributed by atoms with Gasteiger partial charge in [0, 0.05) is 5.56 Å². The highest BCUT2D eigenvalue weighted by atomic mass is 32.2. The SMILES string of the molecule is COc1ccc(C(=O)C(C)Sc2nnnn2-c2ccc(C)cc2C)cc1. The van der Waals surface area contributed by atoms with Crippen LogP contribution in [0.1, 0.15) is 28.4 Å².